The van der Waals surface area contributed by atoms with E-state index in [2.05, 4.69) is 0 Å². The first-order valence-corrected chi connectivity index (χ1v) is 5.00. The fourth-order valence-corrected chi connectivity index (χ4v) is 1.52. The monoisotopic (exact) mass is 207 g/mol. The predicted molar refractivity (Wildman–Crippen MR) is 60.8 cm³/mol. The Hall–Kier alpha value is -1.51. The Morgan fingerprint density at radius 1 is 1.47 bits per heavy atom. The van der Waals surface area contributed by atoms with Gasteiger partial charge in [-0.05, 0) is 43.0 Å². The number of carbonyl (C=O) groups is 1. The van der Waals surface area contributed by atoms with Crippen molar-refractivity contribution in [3.05, 3.63) is 28.8 Å². The average molecular weight is 207 g/mol. The SMILES string of the molecule is Cc1cc(CC(C)C(=O)O)cc(N)c1C. The van der Waals surface area contributed by atoms with Crippen LogP contribution in [0.2, 0.25) is 0 Å². The Balaban J connectivity index is 2.92. The van der Waals surface area contributed by atoms with E-state index < -0.39 is 5.97 Å². The van der Waals surface area contributed by atoms with Crippen LogP contribution in [0.1, 0.15) is 23.6 Å². The summed E-state index contributed by atoms with van der Waals surface area (Å²) in [4.78, 5) is 10.7. The minimum absolute atomic E-state index is 0.369. The third-order valence-corrected chi connectivity index (χ3v) is 2.73. The molecule has 1 rings (SSSR count). The van der Waals surface area contributed by atoms with E-state index in [1.807, 2.05) is 26.0 Å². The van der Waals surface area contributed by atoms with Crippen LogP contribution in [0.5, 0.6) is 0 Å². The molecule has 15 heavy (non-hydrogen) atoms. The lowest BCUT2D eigenvalue weighted by Crippen LogP contribution is -2.12. The summed E-state index contributed by atoms with van der Waals surface area (Å²) in [7, 11) is 0. The van der Waals surface area contributed by atoms with Gasteiger partial charge in [-0.3, -0.25) is 4.79 Å². The molecule has 3 heteroatoms. The molecule has 82 valence electrons. The number of nitrogens with two attached hydrogens (primary N) is 1. The van der Waals surface area contributed by atoms with Crippen LogP contribution in [0.25, 0.3) is 0 Å². The molecule has 1 unspecified atom stereocenters. The largest absolute Gasteiger partial charge is 0.481 e. The van der Waals surface area contributed by atoms with E-state index >= 15 is 0 Å². The molecule has 0 amide bonds. The molecule has 1 aromatic carbocycles. The van der Waals surface area contributed by atoms with Crippen molar-refractivity contribution in [2.75, 3.05) is 5.73 Å². The number of aliphatic carboxylic acids is 1. The normalized spacial score (nSPS) is 12.5. The van der Waals surface area contributed by atoms with Gasteiger partial charge >= 0.3 is 5.97 Å². The molecule has 0 aliphatic heterocycles. The minimum Gasteiger partial charge on any atom is -0.481 e. The second-order valence-corrected chi connectivity index (χ2v) is 4.07. The van der Waals surface area contributed by atoms with Crippen LogP contribution in [0.4, 0.5) is 5.69 Å². The molecule has 0 radical (unpaired) electrons. The second-order valence-electron chi connectivity index (χ2n) is 4.07. The molecule has 0 saturated carbocycles. The van der Waals surface area contributed by atoms with Gasteiger partial charge in [0.25, 0.3) is 0 Å². The van der Waals surface area contributed by atoms with Crippen molar-refractivity contribution < 1.29 is 9.90 Å². The fraction of sp³-hybridized carbons (Fsp3) is 0.417. The summed E-state index contributed by atoms with van der Waals surface area (Å²) >= 11 is 0. The van der Waals surface area contributed by atoms with E-state index in [0.29, 0.717) is 6.42 Å². The van der Waals surface area contributed by atoms with Crippen molar-refractivity contribution >= 4 is 11.7 Å². The van der Waals surface area contributed by atoms with Crippen molar-refractivity contribution in [3.8, 4) is 0 Å². The van der Waals surface area contributed by atoms with Gasteiger partial charge in [0.1, 0.15) is 0 Å². The molecule has 0 heterocycles. The topological polar surface area (TPSA) is 63.3 Å². The number of aryl methyl sites for hydroxylation is 1. The standard InChI is InChI=1S/C12H17NO2/c1-7-4-10(5-8(2)12(14)15)6-11(13)9(7)3/h4,6,8H,5,13H2,1-3H3,(H,14,15). The van der Waals surface area contributed by atoms with E-state index in [1.165, 1.54) is 0 Å². The number of benzene rings is 1. The highest BCUT2D eigenvalue weighted by molar-refractivity contribution is 5.70. The van der Waals surface area contributed by atoms with Crippen LogP contribution in [0, 0.1) is 19.8 Å². The molecule has 0 bridgehead atoms. The molecule has 0 fully saturated rings. The maximum absolute atomic E-state index is 10.7. The zero-order valence-corrected chi connectivity index (χ0v) is 9.37. The van der Waals surface area contributed by atoms with Gasteiger partial charge in [-0.25, -0.2) is 0 Å². The molecule has 3 nitrogen and oxygen atoms in total. The average Bonchev–Trinajstić information content (AvgIpc) is 2.13. The van der Waals surface area contributed by atoms with E-state index in [0.717, 1.165) is 22.4 Å². The molecule has 0 saturated heterocycles. The van der Waals surface area contributed by atoms with Crippen LogP contribution in [0.3, 0.4) is 0 Å². The number of carboxylic acid groups (broad SMARTS) is 1. The van der Waals surface area contributed by atoms with Gasteiger partial charge in [-0.1, -0.05) is 13.0 Å². The number of hydrogen-bond donors (Lipinski definition) is 2. The van der Waals surface area contributed by atoms with Crippen LogP contribution in [0.15, 0.2) is 12.1 Å². The molecule has 0 aliphatic carbocycles. The summed E-state index contributed by atoms with van der Waals surface area (Å²) in [5, 5.41) is 8.81. The zero-order chi connectivity index (χ0) is 11.6. The predicted octanol–water partition coefficient (Wildman–Crippen LogP) is 2.15. The molecule has 0 aliphatic rings. The van der Waals surface area contributed by atoms with Gasteiger partial charge in [-0.2, -0.15) is 0 Å². The summed E-state index contributed by atoms with van der Waals surface area (Å²) < 4.78 is 0. The highest BCUT2D eigenvalue weighted by Gasteiger charge is 2.12. The number of nitrogen functional groups attached to an aromatic ring is 1. The van der Waals surface area contributed by atoms with Crippen molar-refractivity contribution in [2.24, 2.45) is 5.92 Å². The third kappa shape index (κ3) is 2.72. The van der Waals surface area contributed by atoms with Crippen LogP contribution < -0.4 is 5.73 Å². The quantitative estimate of drug-likeness (QED) is 0.746. The van der Waals surface area contributed by atoms with Gasteiger partial charge in [-0.15, -0.1) is 0 Å². The number of anilines is 1. The van der Waals surface area contributed by atoms with E-state index in [1.54, 1.807) is 6.92 Å². The highest BCUT2D eigenvalue weighted by Crippen LogP contribution is 2.20. The highest BCUT2D eigenvalue weighted by atomic mass is 16.4. The van der Waals surface area contributed by atoms with Gasteiger partial charge < -0.3 is 10.8 Å². The summed E-state index contributed by atoms with van der Waals surface area (Å²) in [6.07, 6.45) is 0.528. The molecular weight excluding hydrogens is 190 g/mol. The first-order chi connectivity index (χ1) is 6.91. The molecule has 3 N–H and O–H groups in total. The lowest BCUT2D eigenvalue weighted by molar-refractivity contribution is -0.141. The summed E-state index contributed by atoms with van der Waals surface area (Å²) in [5.74, 6) is -1.14. The van der Waals surface area contributed by atoms with E-state index in [9.17, 15) is 4.79 Å². The van der Waals surface area contributed by atoms with E-state index in [-0.39, 0.29) is 5.92 Å². The lowest BCUT2D eigenvalue weighted by atomic mass is 9.97. The summed E-state index contributed by atoms with van der Waals surface area (Å²) in [6.45, 7) is 5.66. The smallest absolute Gasteiger partial charge is 0.306 e. The molecule has 1 aromatic rings. The Kier molecular flexibility index (Phi) is 3.35. The molecule has 0 aromatic heterocycles. The van der Waals surface area contributed by atoms with Crippen LogP contribution in [-0.2, 0) is 11.2 Å². The Morgan fingerprint density at radius 2 is 2.07 bits per heavy atom. The number of rotatable bonds is 3. The number of hydrogen-bond acceptors (Lipinski definition) is 2. The maximum atomic E-state index is 10.7. The van der Waals surface area contributed by atoms with Crippen LogP contribution >= 0.6 is 0 Å². The first-order valence-electron chi connectivity index (χ1n) is 5.00. The lowest BCUT2D eigenvalue weighted by Gasteiger charge is -2.10. The Morgan fingerprint density at radius 3 is 2.53 bits per heavy atom. The van der Waals surface area contributed by atoms with Gasteiger partial charge in [0.15, 0.2) is 0 Å². The zero-order valence-electron chi connectivity index (χ0n) is 9.37. The second kappa shape index (κ2) is 4.34. The van der Waals surface area contributed by atoms with Gasteiger partial charge in [0, 0.05) is 5.69 Å². The molecule has 0 spiro atoms. The van der Waals surface area contributed by atoms with Crippen molar-refractivity contribution in [3.63, 3.8) is 0 Å². The van der Waals surface area contributed by atoms with E-state index in [4.69, 9.17) is 10.8 Å². The Labute approximate surface area is 89.9 Å². The molecule has 1 atom stereocenters. The summed E-state index contributed by atoms with van der Waals surface area (Å²) in [6, 6.07) is 3.87. The van der Waals surface area contributed by atoms with Crippen LogP contribution in [-0.4, -0.2) is 11.1 Å². The van der Waals surface area contributed by atoms with Crippen molar-refractivity contribution in [1.82, 2.24) is 0 Å². The first kappa shape index (κ1) is 11.6. The van der Waals surface area contributed by atoms with Gasteiger partial charge in [0.2, 0.25) is 0 Å². The minimum atomic E-state index is -0.771. The summed E-state index contributed by atoms with van der Waals surface area (Å²) in [5.41, 5.74) is 9.74. The number of carboxylic acids is 1. The van der Waals surface area contributed by atoms with Crippen molar-refractivity contribution in [1.29, 1.82) is 0 Å². The maximum Gasteiger partial charge on any atom is 0.306 e. The fourth-order valence-electron chi connectivity index (χ4n) is 1.52. The van der Waals surface area contributed by atoms with Crippen molar-refractivity contribution in [2.45, 2.75) is 27.2 Å². The Bertz CT molecular complexity index is 362. The third-order valence-electron chi connectivity index (χ3n) is 2.73. The van der Waals surface area contributed by atoms with Gasteiger partial charge in [0.05, 0.1) is 5.92 Å². The molecular formula is C12H17NO2.